The molecule has 0 aliphatic rings. The molecule has 1 atom stereocenters. The average Bonchev–Trinajstić information content (AvgIpc) is 2.17. The van der Waals surface area contributed by atoms with Gasteiger partial charge >= 0.3 is 0 Å². The van der Waals surface area contributed by atoms with Gasteiger partial charge in [-0.3, -0.25) is 10.1 Å². The van der Waals surface area contributed by atoms with Crippen LogP contribution in [0.4, 0.5) is 5.69 Å². The largest absolute Gasteiger partial charge is 0.392 e. The molecule has 0 radical (unpaired) electrons. The van der Waals surface area contributed by atoms with Crippen molar-refractivity contribution < 1.29 is 10.0 Å². The molecule has 0 aromatic heterocycles. The Balaban J connectivity index is 2.63. The number of hydrogen-bond donors (Lipinski definition) is 2. The molecule has 0 unspecified atom stereocenters. The van der Waals surface area contributed by atoms with Gasteiger partial charge in [0.2, 0.25) is 0 Å². The van der Waals surface area contributed by atoms with Crippen LogP contribution in [0.3, 0.4) is 0 Å². The van der Waals surface area contributed by atoms with Gasteiger partial charge in [0, 0.05) is 24.7 Å². The smallest absolute Gasteiger partial charge is 0.273 e. The van der Waals surface area contributed by atoms with Crippen molar-refractivity contribution in [1.29, 1.82) is 0 Å². The lowest BCUT2D eigenvalue weighted by Crippen LogP contribution is -2.24. The summed E-state index contributed by atoms with van der Waals surface area (Å²) in [4.78, 5) is 10.2. The molecule has 1 aromatic carbocycles. The Morgan fingerprint density at radius 1 is 1.53 bits per heavy atom. The third kappa shape index (κ3) is 3.65. The number of hydrogen-bond acceptors (Lipinski definition) is 4. The van der Waals surface area contributed by atoms with E-state index in [1.165, 1.54) is 6.07 Å². The fourth-order valence-corrected chi connectivity index (χ4v) is 1.25. The maximum Gasteiger partial charge on any atom is 0.273 e. The van der Waals surface area contributed by atoms with Crippen molar-refractivity contribution in [3.05, 3.63) is 39.9 Å². The minimum atomic E-state index is -0.451. The maximum absolute atomic E-state index is 10.6. The maximum atomic E-state index is 10.6. The molecule has 0 spiro atoms. The van der Waals surface area contributed by atoms with Gasteiger partial charge in [0.25, 0.3) is 5.69 Å². The number of para-hydroxylation sites is 1. The van der Waals surface area contributed by atoms with Gasteiger partial charge in [0.15, 0.2) is 0 Å². The van der Waals surface area contributed by atoms with Crippen molar-refractivity contribution in [3.8, 4) is 0 Å². The summed E-state index contributed by atoms with van der Waals surface area (Å²) in [6.07, 6.45) is -0.451. The van der Waals surface area contributed by atoms with E-state index in [0.29, 0.717) is 18.7 Å². The molecule has 15 heavy (non-hydrogen) atoms. The van der Waals surface area contributed by atoms with E-state index >= 15 is 0 Å². The first-order valence-corrected chi connectivity index (χ1v) is 4.72. The van der Waals surface area contributed by atoms with E-state index in [4.69, 9.17) is 5.11 Å². The van der Waals surface area contributed by atoms with Gasteiger partial charge in [0.05, 0.1) is 11.0 Å². The number of nitrogens with one attached hydrogen (secondary N) is 1. The summed E-state index contributed by atoms with van der Waals surface area (Å²) in [5.41, 5.74) is 0.735. The number of benzene rings is 1. The summed E-state index contributed by atoms with van der Waals surface area (Å²) in [7, 11) is 0. The highest BCUT2D eigenvalue weighted by molar-refractivity contribution is 5.39. The number of nitro benzene ring substituents is 1. The molecule has 0 aliphatic heterocycles. The normalized spacial score (nSPS) is 12.4. The third-order valence-electron chi connectivity index (χ3n) is 1.94. The quantitative estimate of drug-likeness (QED) is 0.563. The van der Waals surface area contributed by atoms with E-state index in [0.717, 1.165) is 0 Å². The highest BCUT2D eigenvalue weighted by Gasteiger charge is 2.11. The summed E-state index contributed by atoms with van der Waals surface area (Å²) in [6, 6.07) is 6.56. The lowest BCUT2D eigenvalue weighted by Gasteiger charge is -2.06. The molecule has 0 saturated heterocycles. The molecule has 0 fully saturated rings. The molecular formula is C10H14N2O3. The van der Waals surface area contributed by atoms with Crippen LogP contribution in [0.5, 0.6) is 0 Å². The molecule has 0 saturated carbocycles. The Kier molecular flexibility index (Phi) is 4.20. The number of aliphatic hydroxyl groups excluding tert-OH is 1. The molecule has 82 valence electrons. The molecule has 5 nitrogen and oxygen atoms in total. The summed E-state index contributed by atoms with van der Waals surface area (Å²) >= 11 is 0. The summed E-state index contributed by atoms with van der Waals surface area (Å²) < 4.78 is 0. The van der Waals surface area contributed by atoms with Crippen LogP contribution in [0, 0.1) is 10.1 Å². The zero-order valence-electron chi connectivity index (χ0n) is 8.51. The van der Waals surface area contributed by atoms with Crippen LogP contribution < -0.4 is 5.32 Å². The minimum absolute atomic E-state index is 0.107. The Morgan fingerprint density at radius 2 is 2.20 bits per heavy atom. The van der Waals surface area contributed by atoms with Crippen LogP contribution in [-0.4, -0.2) is 22.7 Å². The zero-order valence-corrected chi connectivity index (χ0v) is 8.51. The fraction of sp³-hybridized carbons (Fsp3) is 0.400. The van der Waals surface area contributed by atoms with Crippen LogP contribution in [0.25, 0.3) is 0 Å². The molecule has 0 heterocycles. The summed E-state index contributed by atoms with van der Waals surface area (Å²) in [5.74, 6) is 0. The van der Waals surface area contributed by atoms with Gasteiger partial charge in [0.1, 0.15) is 0 Å². The van der Waals surface area contributed by atoms with Crippen molar-refractivity contribution in [2.45, 2.75) is 19.6 Å². The van der Waals surface area contributed by atoms with Crippen LogP contribution in [0.2, 0.25) is 0 Å². The van der Waals surface area contributed by atoms with E-state index in [2.05, 4.69) is 5.32 Å². The minimum Gasteiger partial charge on any atom is -0.392 e. The first-order chi connectivity index (χ1) is 7.11. The lowest BCUT2D eigenvalue weighted by atomic mass is 10.2. The second-order valence-electron chi connectivity index (χ2n) is 3.37. The van der Waals surface area contributed by atoms with E-state index in [1.807, 2.05) is 0 Å². The van der Waals surface area contributed by atoms with Gasteiger partial charge in [-0.05, 0) is 6.92 Å². The average molecular weight is 210 g/mol. The Hall–Kier alpha value is -1.46. The first-order valence-electron chi connectivity index (χ1n) is 4.72. The zero-order chi connectivity index (χ0) is 11.3. The highest BCUT2D eigenvalue weighted by atomic mass is 16.6. The standard InChI is InChI=1S/C10H14N2O3/c1-8(13)6-11-7-9-4-2-3-5-10(9)12(14)15/h2-5,8,11,13H,6-7H2,1H3/t8-/m0/s1. The molecule has 1 rings (SSSR count). The predicted molar refractivity (Wildman–Crippen MR) is 56.5 cm³/mol. The molecule has 0 bridgehead atoms. The summed E-state index contributed by atoms with van der Waals surface area (Å²) in [5, 5.41) is 22.6. The molecule has 0 aliphatic carbocycles. The SMILES string of the molecule is C[C@H](O)CNCc1ccccc1[N+](=O)[O-]. The first kappa shape index (κ1) is 11.6. The summed E-state index contributed by atoms with van der Waals surface area (Å²) in [6.45, 7) is 2.47. The molecule has 5 heteroatoms. The number of rotatable bonds is 5. The van der Waals surface area contributed by atoms with Crippen LogP contribution >= 0.6 is 0 Å². The number of nitrogens with zero attached hydrogens (tertiary/aromatic N) is 1. The van der Waals surface area contributed by atoms with Crippen molar-refractivity contribution in [1.82, 2.24) is 5.32 Å². The topological polar surface area (TPSA) is 75.4 Å². The second-order valence-corrected chi connectivity index (χ2v) is 3.37. The molecule has 0 amide bonds. The Bertz CT molecular complexity index is 339. The van der Waals surface area contributed by atoms with Crippen LogP contribution in [0.15, 0.2) is 24.3 Å². The van der Waals surface area contributed by atoms with Crippen molar-refractivity contribution >= 4 is 5.69 Å². The van der Waals surface area contributed by atoms with E-state index in [9.17, 15) is 10.1 Å². The molecule has 2 N–H and O–H groups in total. The van der Waals surface area contributed by atoms with Crippen molar-refractivity contribution in [2.75, 3.05) is 6.54 Å². The van der Waals surface area contributed by atoms with Crippen molar-refractivity contribution in [3.63, 3.8) is 0 Å². The van der Waals surface area contributed by atoms with Gasteiger partial charge < -0.3 is 10.4 Å². The molecular weight excluding hydrogens is 196 g/mol. The highest BCUT2D eigenvalue weighted by Crippen LogP contribution is 2.16. The lowest BCUT2D eigenvalue weighted by molar-refractivity contribution is -0.385. The van der Waals surface area contributed by atoms with E-state index < -0.39 is 11.0 Å². The Morgan fingerprint density at radius 3 is 2.80 bits per heavy atom. The van der Waals surface area contributed by atoms with Gasteiger partial charge in [-0.15, -0.1) is 0 Å². The third-order valence-corrected chi connectivity index (χ3v) is 1.94. The van der Waals surface area contributed by atoms with Gasteiger partial charge in [-0.25, -0.2) is 0 Å². The van der Waals surface area contributed by atoms with Crippen molar-refractivity contribution in [2.24, 2.45) is 0 Å². The second kappa shape index (κ2) is 5.43. The van der Waals surface area contributed by atoms with Gasteiger partial charge in [-0.1, -0.05) is 18.2 Å². The monoisotopic (exact) mass is 210 g/mol. The molecule has 1 aromatic rings. The number of aliphatic hydroxyl groups is 1. The van der Waals surface area contributed by atoms with E-state index in [-0.39, 0.29) is 5.69 Å². The van der Waals surface area contributed by atoms with Crippen LogP contribution in [0.1, 0.15) is 12.5 Å². The Labute approximate surface area is 87.9 Å². The number of nitro groups is 1. The van der Waals surface area contributed by atoms with Crippen LogP contribution in [-0.2, 0) is 6.54 Å². The fourth-order valence-electron chi connectivity index (χ4n) is 1.25. The van der Waals surface area contributed by atoms with Gasteiger partial charge in [-0.2, -0.15) is 0 Å². The predicted octanol–water partition coefficient (Wildman–Crippen LogP) is 1.07. The van der Waals surface area contributed by atoms with E-state index in [1.54, 1.807) is 25.1 Å².